The number of carbonyl (C=O) groups excluding carboxylic acids is 3. The summed E-state index contributed by atoms with van der Waals surface area (Å²) in [4.78, 5) is 41.9. The average molecular weight is 539 g/mol. The molecule has 0 saturated heterocycles. The summed E-state index contributed by atoms with van der Waals surface area (Å²) in [7, 11) is 0. The lowest BCUT2D eigenvalue weighted by atomic mass is 9.96. The van der Waals surface area contributed by atoms with Gasteiger partial charge in [-0.25, -0.2) is 0 Å². The first-order valence-electron chi connectivity index (χ1n) is 12.6. The molecule has 3 amide bonds. The van der Waals surface area contributed by atoms with Gasteiger partial charge in [0, 0.05) is 40.7 Å². The summed E-state index contributed by atoms with van der Waals surface area (Å²) < 4.78 is 4.98. The maximum absolute atomic E-state index is 13.9. The van der Waals surface area contributed by atoms with Crippen molar-refractivity contribution in [1.29, 1.82) is 0 Å². The third kappa shape index (κ3) is 7.01. The van der Waals surface area contributed by atoms with Crippen molar-refractivity contribution in [2.45, 2.75) is 72.4 Å². The molecule has 0 fully saturated rings. The summed E-state index contributed by atoms with van der Waals surface area (Å²) in [6, 6.07) is 13.1. The fraction of sp³-hybridized carbons (Fsp3) is 0.379. The van der Waals surface area contributed by atoms with E-state index in [9.17, 15) is 14.4 Å². The second kappa shape index (κ2) is 12.3. The zero-order valence-corrected chi connectivity index (χ0v) is 23.5. The van der Waals surface area contributed by atoms with E-state index in [0.29, 0.717) is 28.5 Å². The maximum Gasteiger partial charge on any atom is 0.248 e. The largest absolute Gasteiger partial charge is 0.360 e. The number of benzene rings is 2. The summed E-state index contributed by atoms with van der Waals surface area (Å²) in [5, 5.41) is 9.84. The molecule has 0 saturated carbocycles. The number of halogens is 1. The van der Waals surface area contributed by atoms with Crippen molar-refractivity contribution in [2.24, 2.45) is 0 Å². The Bertz CT molecular complexity index is 1320. The Hall–Kier alpha value is -3.65. The molecule has 1 heterocycles. The molecule has 3 rings (SSSR count). The Morgan fingerprint density at radius 3 is 2.39 bits per heavy atom. The molecule has 0 bridgehead atoms. The third-order valence-electron chi connectivity index (χ3n) is 6.62. The van der Waals surface area contributed by atoms with E-state index in [-0.39, 0.29) is 30.5 Å². The Balaban J connectivity index is 2.03. The molecule has 1 unspecified atom stereocenters. The van der Waals surface area contributed by atoms with Crippen LogP contribution < -0.4 is 15.5 Å². The number of rotatable bonds is 10. The molecule has 2 aromatic carbocycles. The van der Waals surface area contributed by atoms with Gasteiger partial charge in [-0.1, -0.05) is 54.0 Å². The Morgan fingerprint density at radius 1 is 1.05 bits per heavy atom. The predicted molar refractivity (Wildman–Crippen MR) is 149 cm³/mol. The minimum atomic E-state index is -1.05. The van der Waals surface area contributed by atoms with Crippen molar-refractivity contribution >= 4 is 40.8 Å². The van der Waals surface area contributed by atoms with Crippen LogP contribution in [-0.4, -0.2) is 28.4 Å². The monoisotopic (exact) mass is 538 g/mol. The van der Waals surface area contributed by atoms with Crippen molar-refractivity contribution in [3.8, 4) is 0 Å². The number of amides is 3. The van der Waals surface area contributed by atoms with Crippen molar-refractivity contribution in [3.63, 3.8) is 0 Å². The molecular formula is C29H35ClN4O4. The van der Waals surface area contributed by atoms with Crippen LogP contribution in [-0.2, 0) is 14.4 Å². The summed E-state index contributed by atoms with van der Waals surface area (Å²) in [5.74, 6) is -0.303. The van der Waals surface area contributed by atoms with E-state index in [1.807, 2.05) is 46.8 Å². The Labute approximate surface area is 228 Å². The summed E-state index contributed by atoms with van der Waals surface area (Å²) in [6.45, 7) is 11.4. The average Bonchev–Trinajstić information content (AvgIpc) is 3.27. The molecule has 0 radical (unpaired) electrons. The number of aryl methyl sites for hydroxylation is 2. The molecule has 1 aromatic heterocycles. The van der Waals surface area contributed by atoms with Crippen LogP contribution in [0.15, 0.2) is 53.1 Å². The van der Waals surface area contributed by atoms with Crippen LogP contribution in [0, 0.1) is 20.8 Å². The molecular weight excluding hydrogens is 504 g/mol. The highest BCUT2D eigenvalue weighted by Crippen LogP contribution is 2.35. The first-order chi connectivity index (χ1) is 17.9. The van der Waals surface area contributed by atoms with Crippen molar-refractivity contribution in [1.82, 2.24) is 10.5 Å². The molecule has 1 atom stereocenters. The van der Waals surface area contributed by atoms with Crippen LogP contribution in [0.5, 0.6) is 0 Å². The lowest BCUT2D eigenvalue weighted by molar-refractivity contribution is -0.128. The molecule has 202 valence electrons. The number of nitrogens with one attached hydrogen (secondary N) is 2. The third-order valence-corrected chi connectivity index (χ3v) is 6.96. The maximum atomic E-state index is 13.9. The summed E-state index contributed by atoms with van der Waals surface area (Å²) in [6.07, 6.45) is 0.442. The van der Waals surface area contributed by atoms with E-state index in [1.165, 1.54) is 4.90 Å². The van der Waals surface area contributed by atoms with E-state index >= 15 is 0 Å². The van der Waals surface area contributed by atoms with Gasteiger partial charge in [0.15, 0.2) is 5.82 Å². The number of anilines is 2. The second-order valence-electron chi connectivity index (χ2n) is 10.0. The van der Waals surface area contributed by atoms with Crippen molar-refractivity contribution < 1.29 is 18.9 Å². The molecule has 0 aliphatic rings. The van der Waals surface area contributed by atoms with Gasteiger partial charge in [0.05, 0.1) is 0 Å². The molecule has 8 nitrogen and oxygen atoms in total. The van der Waals surface area contributed by atoms with Crippen LogP contribution >= 0.6 is 11.6 Å². The zero-order valence-electron chi connectivity index (χ0n) is 22.7. The Morgan fingerprint density at radius 2 is 1.76 bits per heavy atom. The van der Waals surface area contributed by atoms with E-state index in [4.69, 9.17) is 16.1 Å². The highest BCUT2D eigenvalue weighted by molar-refractivity contribution is 6.31. The molecule has 0 aliphatic heterocycles. The van der Waals surface area contributed by atoms with Crippen LogP contribution in [0.25, 0.3) is 0 Å². The van der Waals surface area contributed by atoms with Gasteiger partial charge < -0.3 is 15.2 Å². The predicted octanol–water partition coefficient (Wildman–Crippen LogP) is 6.05. The van der Waals surface area contributed by atoms with Gasteiger partial charge >= 0.3 is 0 Å². The number of nitrogens with zero attached hydrogens (tertiary/aromatic N) is 2. The van der Waals surface area contributed by atoms with Crippen LogP contribution in [0.1, 0.15) is 68.5 Å². The van der Waals surface area contributed by atoms with Gasteiger partial charge in [-0.3, -0.25) is 19.3 Å². The Kier molecular flexibility index (Phi) is 9.33. The highest BCUT2D eigenvalue weighted by atomic mass is 35.5. The van der Waals surface area contributed by atoms with E-state index in [1.54, 1.807) is 43.3 Å². The lowest BCUT2D eigenvalue weighted by Crippen LogP contribution is -2.50. The molecule has 3 aromatic rings. The molecule has 9 heteroatoms. The van der Waals surface area contributed by atoms with Crippen molar-refractivity contribution in [3.05, 3.63) is 76.0 Å². The van der Waals surface area contributed by atoms with E-state index in [0.717, 1.165) is 11.1 Å². The SMILES string of the molecule is CCC(C)(C)NC(=O)C(c1ccccc1Cl)N(C(=O)CCC(=O)Nc1cc(C)on1)c1cccc(C)c1C. The van der Waals surface area contributed by atoms with Crippen LogP contribution in [0.3, 0.4) is 0 Å². The number of carbonyl (C=O) groups is 3. The second-order valence-corrected chi connectivity index (χ2v) is 10.4. The van der Waals surface area contributed by atoms with E-state index in [2.05, 4.69) is 15.8 Å². The first kappa shape index (κ1) is 28.9. The van der Waals surface area contributed by atoms with Crippen molar-refractivity contribution in [2.75, 3.05) is 10.2 Å². The zero-order chi connectivity index (χ0) is 28.0. The summed E-state index contributed by atoms with van der Waals surface area (Å²) >= 11 is 6.60. The van der Waals surface area contributed by atoms with Gasteiger partial charge in [0.2, 0.25) is 17.7 Å². The number of aromatic nitrogens is 1. The molecule has 0 aliphatic carbocycles. The number of hydrogen-bond donors (Lipinski definition) is 2. The standard InChI is InChI=1S/C29H35ClN4O4/c1-7-29(5,6)32-28(37)27(21-12-8-9-13-22(21)30)34(23-14-10-11-18(2)20(23)4)26(36)16-15-25(35)31-24-17-19(3)38-33-24/h8-14,17,27H,7,15-16H2,1-6H3,(H,32,37)(H,31,33,35). The fourth-order valence-electron chi connectivity index (χ4n) is 3.97. The topological polar surface area (TPSA) is 105 Å². The normalized spacial score (nSPS) is 12.1. The number of hydrogen-bond acceptors (Lipinski definition) is 5. The van der Waals surface area contributed by atoms with Crippen LogP contribution in [0.4, 0.5) is 11.5 Å². The lowest BCUT2D eigenvalue weighted by Gasteiger charge is -2.36. The molecule has 2 N–H and O–H groups in total. The van der Waals surface area contributed by atoms with Gasteiger partial charge in [0.1, 0.15) is 11.8 Å². The summed E-state index contributed by atoms with van der Waals surface area (Å²) in [5.41, 5.74) is 2.38. The first-order valence-corrected chi connectivity index (χ1v) is 13.0. The van der Waals surface area contributed by atoms with Crippen LogP contribution in [0.2, 0.25) is 5.02 Å². The van der Waals surface area contributed by atoms with Gasteiger partial charge in [0.25, 0.3) is 0 Å². The fourth-order valence-corrected chi connectivity index (χ4v) is 4.21. The highest BCUT2D eigenvalue weighted by Gasteiger charge is 2.36. The van der Waals surface area contributed by atoms with Gasteiger partial charge in [-0.05, 0) is 64.3 Å². The smallest absolute Gasteiger partial charge is 0.248 e. The quantitative estimate of drug-likeness (QED) is 0.327. The molecule has 0 spiro atoms. The molecule has 38 heavy (non-hydrogen) atoms. The minimum absolute atomic E-state index is 0.108. The van der Waals surface area contributed by atoms with Gasteiger partial charge in [-0.15, -0.1) is 0 Å². The van der Waals surface area contributed by atoms with Gasteiger partial charge in [-0.2, -0.15) is 0 Å². The van der Waals surface area contributed by atoms with E-state index < -0.39 is 17.5 Å². The minimum Gasteiger partial charge on any atom is -0.360 e.